The molecule has 7 heteroatoms. The van der Waals surface area contributed by atoms with Gasteiger partial charge in [0.05, 0.1) is 0 Å². The summed E-state index contributed by atoms with van der Waals surface area (Å²) in [6, 6.07) is 15.1. The van der Waals surface area contributed by atoms with Gasteiger partial charge in [0.15, 0.2) is 0 Å². The van der Waals surface area contributed by atoms with Crippen LogP contribution in [0.2, 0.25) is 0 Å². The van der Waals surface area contributed by atoms with Gasteiger partial charge in [-0.05, 0) is 42.5 Å². The van der Waals surface area contributed by atoms with E-state index in [1.54, 1.807) is 0 Å². The highest BCUT2D eigenvalue weighted by molar-refractivity contribution is 5.90. The number of hydrogen-bond acceptors (Lipinski definition) is 4. The Bertz CT molecular complexity index is 944. The highest BCUT2D eigenvalue weighted by Crippen LogP contribution is 2.44. The number of fused-ring (bicyclic) bond motifs is 3. The smallest absolute Gasteiger partial charge is 0.407 e. The molecule has 2 atom stereocenters. The van der Waals surface area contributed by atoms with E-state index in [1.807, 2.05) is 43.3 Å². The predicted molar refractivity (Wildman–Crippen MR) is 117 cm³/mol. The third kappa shape index (κ3) is 4.71. The quantitative estimate of drug-likeness (QED) is 0.600. The van der Waals surface area contributed by atoms with E-state index in [9.17, 15) is 19.5 Å². The number of alkyl carbamates (subject to hydrolysis) is 1. The lowest BCUT2D eigenvalue weighted by Gasteiger charge is -2.27. The number of carboxylic acid groups (broad SMARTS) is 1. The van der Waals surface area contributed by atoms with E-state index < -0.39 is 29.6 Å². The van der Waals surface area contributed by atoms with Crippen molar-refractivity contribution in [2.45, 2.75) is 51.1 Å². The molecule has 0 radical (unpaired) electrons. The molecule has 0 fully saturated rings. The molecule has 1 aliphatic carbocycles. The number of rotatable bonds is 8. The Hall–Kier alpha value is -3.35. The summed E-state index contributed by atoms with van der Waals surface area (Å²) in [7, 11) is 0. The Morgan fingerprint density at radius 3 is 2.13 bits per heavy atom. The van der Waals surface area contributed by atoms with Gasteiger partial charge in [-0.3, -0.25) is 4.79 Å². The van der Waals surface area contributed by atoms with Crippen molar-refractivity contribution in [1.82, 2.24) is 10.6 Å². The molecule has 0 aliphatic heterocycles. The summed E-state index contributed by atoms with van der Waals surface area (Å²) in [6.45, 7) is 4.92. The van der Waals surface area contributed by atoms with Gasteiger partial charge in [0.1, 0.15) is 18.2 Å². The summed E-state index contributed by atoms with van der Waals surface area (Å²) in [4.78, 5) is 36.3. The van der Waals surface area contributed by atoms with Crippen LogP contribution in [0.5, 0.6) is 0 Å². The first-order chi connectivity index (χ1) is 14.8. The Labute approximate surface area is 181 Å². The first-order valence-electron chi connectivity index (χ1n) is 10.4. The number of hydrogen-bond donors (Lipinski definition) is 3. The minimum Gasteiger partial charge on any atom is -0.480 e. The van der Waals surface area contributed by atoms with Gasteiger partial charge >= 0.3 is 12.1 Å². The minimum atomic E-state index is -1.39. The number of carboxylic acids is 1. The fourth-order valence-corrected chi connectivity index (χ4v) is 3.99. The molecular formula is C24H28N2O5. The normalized spacial score (nSPS) is 15.2. The van der Waals surface area contributed by atoms with Crippen LogP contribution in [0.1, 0.15) is 50.7 Å². The van der Waals surface area contributed by atoms with E-state index in [-0.39, 0.29) is 18.9 Å². The maximum absolute atomic E-state index is 12.4. The fraction of sp³-hybridized carbons (Fsp3) is 0.375. The number of carbonyl (C=O) groups is 3. The van der Waals surface area contributed by atoms with E-state index >= 15 is 0 Å². The summed E-state index contributed by atoms with van der Waals surface area (Å²) in [6.07, 6.45) is 0.153. The Morgan fingerprint density at radius 2 is 1.61 bits per heavy atom. The zero-order chi connectivity index (χ0) is 22.6. The average molecular weight is 424 g/mol. The zero-order valence-corrected chi connectivity index (χ0v) is 18.0. The maximum atomic E-state index is 12.4. The van der Waals surface area contributed by atoms with Gasteiger partial charge in [-0.2, -0.15) is 0 Å². The monoisotopic (exact) mass is 424 g/mol. The molecule has 1 aliphatic rings. The molecule has 3 rings (SSSR count). The van der Waals surface area contributed by atoms with Crippen LogP contribution < -0.4 is 10.6 Å². The van der Waals surface area contributed by atoms with E-state index in [1.165, 1.54) is 13.8 Å². The van der Waals surface area contributed by atoms with Crippen LogP contribution in [0.4, 0.5) is 4.79 Å². The van der Waals surface area contributed by atoms with Crippen LogP contribution in [-0.4, -0.2) is 41.3 Å². The van der Waals surface area contributed by atoms with E-state index in [4.69, 9.17) is 4.74 Å². The molecule has 1 unspecified atom stereocenters. The standard InChI is InChI=1S/C24H28N2O5/c1-4-13-24(3,22(28)29)26-21(27)15(2)25-23(30)31-14-20-18-11-7-5-9-16(18)17-10-6-8-12-19(17)20/h5-12,15,20H,4,13-14H2,1-3H3,(H,25,30)(H,26,27)(H,28,29)/t15-,24?/m0/s1. The number of aliphatic carboxylic acids is 1. The van der Waals surface area contributed by atoms with Crippen molar-refractivity contribution in [3.63, 3.8) is 0 Å². The van der Waals surface area contributed by atoms with Gasteiger partial charge < -0.3 is 20.5 Å². The number of nitrogens with one attached hydrogen (secondary N) is 2. The lowest BCUT2D eigenvalue weighted by molar-refractivity contribution is -0.147. The molecule has 2 aromatic rings. The van der Waals surface area contributed by atoms with Crippen molar-refractivity contribution in [1.29, 1.82) is 0 Å². The molecule has 0 heterocycles. The van der Waals surface area contributed by atoms with Gasteiger partial charge in [0, 0.05) is 5.92 Å². The fourth-order valence-electron chi connectivity index (χ4n) is 3.99. The third-order valence-electron chi connectivity index (χ3n) is 5.69. The molecule has 164 valence electrons. The van der Waals surface area contributed by atoms with Crippen LogP contribution in [0, 0.1) is 0 Å². The molecule has 31 heavy (non-hydrogen) atoms. The predicted octanol–water partition coefficient (Wildman–Crippen LogP) is 3.67. The number of benzene rings is 2. The molecule has 0 aromatic heterocycles. The van der Waals surface area contributed by atoms with Crippen molar-refractivity contribution in [2.24, 2.45) is 0 Å². The molecule has 0 bridgehead atoms. The van der Waals surface area contributed by atoms with Gasteiger partial charge in [-0.15, -0.1) is 0 Å². The summed E-state index contributed by atoms with van der Waals surface area (Å²) in [5.74, 6) is -1.77. The summed E-state index contributed by atoms with van der Waals surface area (Å²) >= 11 is 0. The molecule has 0 saturated heterocycles. The van der Waals surface area contributed by atoms with Crippen molar-refractivity contribution in [3.8, 4) is 11.1 Å². The highest BCUT2D eigenvalue weighted by atomic mass is 16.5. The second kappa shape index (κ2) is 9.20. The second-order valence-electron chi connectivity index (χ2n) is 8.07. The number of amides is 2. The van der Waals surface area contributed by atoms with Crippen LogP contribution >= 0.6 is 0 Å². The molecule has 2 aromatic carbocycles. The van der Waals surface area contributed by atoms with Crippen LogP contribution in [0.25, 0.3) is 11.1 Å². The van der Waals surface area contributed by atoms with Gasteiger partial charge in [0.25, 0.3) is 0 Å². The zero-order valence-electron chi connectivity index (χ0n) is 18.0. The SMILES string of the molecule is CCCC(C)(NC(=O)[C@H](C)NC(=O)OCC1c2ccccc2-c2ccccc21)C(=O)O. The van der Waals surface area contributed by atoms with Crippen LogP contribution in [-0.2, 0) is 14.3 Å². The van der Waals surface area contributed by atoms with E-state index in [0.29, 0.717) is 6.42 Å². The Morgan fingerprint density at radius 1 is 1.06 bits per heavy atom. The molecular weight excluding hydrogens is 396 g/mol. The van der Waals surface area contributed by atoms with Crippen molar-refractivity contribution in [3.05, 3.63) is 59.7 Å². The largest absolute Gasteiger partial charge is 0.480 e. The summed E-state index contributed by atoms with van der Waals surface area (Å²) < 4.78 is 5.44. The summed E-state index contributed by atoms with van der Waals surface area (Å²) in [5, 5.41) is 14.4. The topological polar surface area (TPSA) is 105 Å². The lowest BCUT2D eigenvalue weighted by Crippen LogP contribution is -2.57. The first-order valence-corrected chi connectivity index (χ1v) is 10.4. The van der Waals surface area contributed by atoms with Gasteiger partial charge in [-0.25, -0.2) is 9.59 Å². The highest BCUT2D eigenvalue weighted by Gasteiger charge is 2.35. The second-order valence-corrected chi connectivity index (χ2v) is 8.07. The average Bonchev–Trinajstić information content (AvgIpc) is 3.06. The number of carbonyl (C=O) groups excluding carboxylic acids is 2. The van der Waals surface area contributed by atoms with Gasteiger partial charge in [-0.1, -0.05) is 61.9 Å². The molecule has 2 amide bonds. The molecule has 0 saturated carbocycles. The minimum absolute atomic E-state index is 0.0814. The van der Waals surface area contributed by atoms with E-state index in [2.05, 4.69) is 22.8 Å². The van der Waals surface area contributed by atoms with Crippen LogP contribution in [0.3, 0.4) is 0 Å². The van der Waals surface area contributed by atoms with E-state index in [0.717, 1.165) is 22.3 Å². The maximum Gasteiger partial charge on any atom is 0.407 e. The molecule has 3 N–H and O–H groups in total. The Kier molecular flexibility index (Phi) is 6.63. The third-order valence-corrected chi connectivity index (χ3v) is 5.69. The van der Waals surface area contributed by atoms with Crippen molar-refractivity contribution in [2.75, 3.05) is 6.61 Å². The van der Waals surface area contributed by atoms with Crippen molar-refractivity contribution >= 4 is 18.0 Å². The molecule has 0 spiro atoms. The molecule has 7 nitrogen and oxygen atoms in total. The number of ether oxygens (including phenoxy) is 1. The Balaban J connectivity index is 1.60. The first kappa shape index (κ1) is 22.3. The van der Waals surface area contributed by atoms with Gasteiger partial charge in [0.2, 0.25) is 5.91 Å². The van der Waals surface area contributed by atoms with Crippen LogP contribution in [0.15, 0.2) is 48.5 Å². The lowest BCUT2D eigenvalue weighted by atomic mass is 9.96. The van der Waals surface area contributed by atoms with Crippen molar-refractivity contribution < 1.29 is 24.2 Å². The summed E-state index contributed by atoms with van der Waals surface area (Å²) in [5.41, 5.74) is 3.06.